The van der Waals surface area contributed by atoms with E-state index >= 15 is 0 Å². The van der Waals surface area contributed by atoms with E-state index in [1.54, 1.807) is 0 Å². The molecule has 3 N–H and O–H groups in total. The molecule has 1 aliphatic carbocycles. The molecule has 0 heterocycles. The number of nitrogens with two attached hydrogens (primary N) is 1. The third-order valence-corrected chi connectivity index (χ3v) is 2.40. The zero-order valence-electron chi connectivity index (χ0n) is 9.88. The van der Waals surface area contributed by atoms with Crippen LogP contribution in [0.4, 0.5) is 0 Å². The molecule has 0 radical (unpaired) electrons. The summed E-state index contributed by atoms with van der Waals surface area (Å²) in [4.78, 5) is 11.3. The van der Waals surface area contributed by atoms with Gasteiger partial charge < -0.3 is 15.8 Å². The Bertz CT molecular complexity index is 219. The van der Waals surface area contributed by atoms with Crippen molar-refractivity contribution in [2.75, 3.05) is 13.2 Å². The third-order valence-electron chi connectivity index (χ3n) is 2.40. The summed E-state index contributed by atoms with van der Waals surface area (Å²) in [6, 6.07) is 0.114. The molecule has 0 aromatic heterocycles. The highest BCUT2D eigenvalue weighted by Gasteiger charge is 2.28. The van der Waals surface area contributed by atoms with E-state index in [0.29, 0.717) is 12.5 Å². The van der Waals surface area contributed by atoms with Crippen LogP contribution >= 0.6 is 0 Å². The molecule has 1 rings (SSSR count). The minimum atomic E-state index is -0.268. The van der Waals surface area contributed by atoms with Crippen LogP contribution in [0.1, 0.15) is 33.6 Å². The van der Waals surface area contributed by atoms with E-state index in [2.05, 4.69) is 5.32 Å². The topological polar surface area (TPSA) is 64.3 Å². The molecule has 1 fully saturated rings. The Hall–Kier alpha value is -0.610. The predicted octanol–water partition coefficient (Wildman–Crippen LogP) is 0.655. The Morgan fingerprint density at radius 2 is 2.13 bits per heavy atom. The summed E-state index contributed by atoms with van der Waals surface area (Å²) >= 11 is 0. The van der Waals surface area contributed by atoms with Gasteiger partial charge in [0.1, 0.15) is 6.61 Å². The van der Waals surface area contributed by atoms with Crippen molar-refractivity contribution in [3.05, 3.63) is 0 Å². The van der Waals surface area contributed by atoms with Crippen molar-refractivity contribution in [3.8, 4) is 0 Å². The van der Waals surface area contributed by atoms with Crippen molar-refractivity contribution in [3.63, 3.8) is 0 Å². The van der Waals surface area contributed by atoms with Gasteiger partial charge in [-0.2, -0.15) is 0 Å². The van der Waals surface area contributed by atoms with Gasteiger partial charge in [0, 0.05) is 12.6 Å². The second-order valence-electron chi connectivity index (χ2n) is 5.21. The fourth-order valence-electron chi connectivity index (χ4n) is 1.26. The van der Waals surface area contributed by atoms with Gasteiger partial charge in [0.15, 0.2) is 0 Å². The van der Waals surface area contributed by atoms with Crippen LogP contribution in [0.2, 0.25) is 0 Å². The second-order valence-corrected chi connectivity index (χ2v) is 5.21. The van der Waals surface area contributed by atoms with E-state index in [9.17, 15) is 4.79 Å². The molecule has 15 heavy (non-hydrogen) atoms. The lowest BCUT2D eigenvalue weighted by atomic mass is 10.2. The van der Waals surface area contributed by atoms with Crippen LogP contribution < -0.4 is 11.1 Å². The minimum Gasteiger partial charge on any atom is -0.366 e. The first-order chi connectivity index (χ1) is 6.88. The second kappa shape index (κ2) is 4.94. The van der Waals surface area contributed by atoms with Crippen LogP contribution in [0.3, 0.4) is 0 Å². The van der Waals surface area contributed by atoms with Gasteiger partial charge in [0.2, 0.25) is 5.91 Å². The SMILES string of the molecule is CC(C)(C)OCC(=O)NCC(N)C1CC1. The maximum absolute atomic E-state index is 11.3. The molecule has 1 aliphatic rings. The molecule has 1 unspecified atom stereocenters. The van der Waals surface area contributed by atoms with Crippen molar-refractivity contribution in [2.24, 2.45) is 11.7 Å². The Kier molecular flexibility index (Phi) is 4.11. The third kappa shape index (κ3) is 5.74. The zero-order chi connectivity index (χ0) is 11.5. The highest BCUT2D eigenvalue weighted by atomic mass is 16.5. The molecule has 0 bridgehead atoms. The van der Waals surface area contributed by atoms with Crippen molar-refractivity contribution in [1.82, 2.24) is 5.32 Å². The van der Waals surface area contributed by atoms with Crippen molar-refractivity contribution in [1.29, 1.82) is 0 Å². The van der Waals surface area contributed by atoms with E-state index in [4.69, 9.17) is 10.5 Å². The number of carbonyl (C=O) groups is 1. The number of hydrogen-bond acceptors (Lipinski definition) is 3. The zero-order valence-corrected chi connectivity index (χ0v) is 9.88. The molecule has 1 amide bonds. The Balaban J connectivity index is 2.07. The van der Waals surface area contributed by atoms with Gasteiger partial charge >= 0.3 is 0 Å². The molecule has 0 spiro atoms. The first-order valence-corrected chi connectivity index (χ1v) is 5.55. The molecule has 88 valence electrons. The van der Waals surface area contributed by atoms with E-state index in [-0.39, 0.29) is 24.2 Å². The molecule has 0 aromatic rings. The van der Waals surface area contributed by atoms with Crippen LogP contribution in [0.5, 0.6) is 0 Å². The largest absolute Gasteiger partial charge is 0.366 e. The van der Waals surface area contributed by atoms with Crippen LogP contribution in [0.25, 0.3) is 0 Å². The number of nitrogens with one attached hydrogen (secondary N) is 1. The first kappa shape index (κ1) is 12.5. The number of ether oxygens (including phenoxy) is 1. The number of amides is 1. The normalized spacial score (nSPS) is 18.7. The van der Waals surface area contributed by atoms with E-state index in [0.717, 1.165) is 0 Å². The highest BCUT2D eigenvalue weighted by Crippen LogP contribution is 2.31. The fourth-order valence-corrected chi connectivity index (χ4v) is 1.26. The van der Waals surface area contributed by atoms with Crippen LogP contribution in [-0.2, 0) is 9.53 Å². The maximum Gasteiger partial charge on any atom is 0.246 e. The van der Waals surface area contributed by atoms with E-state index in [1.165, 1.54) is 12.8 Å². The van der Waals surface area contributed by atoms with Gasteiger partial charge in [-0.1, -0.05) is 0 Å². The standard InChI is InChI=1S/C11H22N2O2/c1-11(2,3)15-7-10(14)13-6-9(12)8-4-5-8/h8-9H,4-7,12H2,1-3H3,(H,13,14). The van der Waals surface area contributed by atoms with Crippen LogP contribution in [-0.4, -0.2) is 30.7 Å². The van der Waals surface area contributed by atoms with Gasteiger partial charge in [0.25, 0.3) is 0 Å². The lowest BCUT2D eigenvalue weighted by Crippen LogP contribution is -2.41. The van der Waals surface area contributed by atoms with Gasteiger partial charge in [-0.05, 0) is 39.5 Å². The summed E-state index contributed by atoms with van der Waals surface area (Å²) in [5.74, 6) is 0.537. The van der Waals surface area contributed by atoms with E-state index < -0.39 is 0 Å². The molecule has 0 aromatic carbocycles. The average Bonchev–Trinajstić information content (AvgIpc) is 2.92. The van der Waals surface area contributed by atoms with E-state index in [1.807, 2.05) is 20.8 Å². The fraction of sp³-hybridized carbons (Fsp3) is 0.909. The summed E-state index contributed by atoms with van der Waals surface area (Å²) in [5.41, 5.74) is 5.59. The summed E-state index contributed by atoms with van der Waals surface area (Å²) in [7, 11) is 0. The monoisotopic (exact) mass is 214 g/mol. The molecular weight excluding hydrogens is 192 g/mol. The molecule has 1 atom stereocenters. The predicted molar refractivity (Wildman–Crippen MR) is 59.4 cm³/mol. The summed E-state index contributed by atoms with van der Waals surface area (Å²) in [5, 5.41) is 2.79. The highest BCUT2D eigenvalue weighted by molar-refractivity contribution is 5.77. The summed E-state index contributed by atoms with van der Waals surface area (Å²) < 4.78 is 5.35. The maximum atomic E-state index is 11.3. The Morgan fingerprint density at radius 3 is 2.60 bits per heavy atom. The molecule has 4 heteroatoms. The number of carbonyl (C=O) groups excluding carboxylic acids is 1. The van der Waals surface area contributed by atoms with Crippen LogP contribution in [0.15, 0.2) is 0 Å². The smallest absolute Gasteiger partial charge is 0.246 e. The van der Waals surface area contributed by atoms with Crippen LogP contribution in [0, 0.1) is 5.92 Å². The molecule has 1 saturated carbocycles. The molecule has 4 nitrogen and oxygen atoms in total. The molecular formula is C11H22N2O2. The van der Waals surface area contributed by atoms with Crippen molar-refractivity contribution < 1.29 is 9.53 Å². The van der Waals surface area contributed by atoms with Gasteiger partial charge in [0.05, 0.1) is 5.60 Å². The first-order valence-electron chi connectivity index (χ1n) is 5.55. The van der Waals surface area contributed by atoms with Gasteiger partial charge in [-0.3, -0.25) is 4.79 Å². The Labute approximate surface area is 91.5 Å². The minimum absolute atomic E-state index is 0.0824. The average molecular weight is 214 g/mol. The number of rotatable bonds is 5. The molecule has 0 aliphatic heterocycles. The lowest BCUT2D eigenvalue weighted by molar-refractivity contribution is -0.130. The quantitative estimate of drug-likeness (QED) is 0.706. The molecule has 0 saturated heterocycles. The van der Waals surface area contributed by atoms with Gasteiger partial charge in [-0.15, -0.1) is 0 Å². The lowest BCUT2D eigenvalue weighted by Gasteiger charge is -2.19. The summed E-state index contributed by atoms with van der Waals surface area (Å²) in [6.45, 7) is 6.46. The summed E-state index contributed by atoms with van der Waals surface area (Å²) in [6.07, 6.45) is 2.41. The van der Waals surface area contributed by atoms with Crippen molar-refractivity contribution in [2.45, 2.75) is 45.3 Å². The van der Waals surface area contributed by atoms with Gasteiger partial charge in [-0.25, -0.2) is 0 Å². The number of hydrogen-bond donors (Lipinski definition) is 2. The van der Waals surface area contributed by atoms with Crippen molar-refractivity contribution >= 4 is 5.91 Å². The Morgan fingerprint density at radius 1 is 1.53 bits per heavy atom.